The Morgan fingerprint density at radius 1 is 1.10 bits per heavy atom. The maximum Gasteiger partial charge on any atom is 0.299 e. The molecule has 0 aliphatic heterocycles. The van der Waals surface area contributed by atoms with E-state index < -0.39 is 22.2 Å². The van der Waals surface area contributed by atoms with Gasteiger partial charge in [-0.15, -0.1) is 0 Å². The van der Waals surface area contributed by atoms with E-state index in [1.165, 1.54) is 32.1 Å². The number of hydrogen-bond donors (Lipinski definition) is 2. The van der Waals surface area contributed by atoms with E-state index in [4.69, 9.17) is 0 Å². The molecular weight excluding hydrogens is 390 g/mol. The molecule has 1 rings (SSSR count). The van der Waals surface area contributed by atoms with Crippen LogP contribution in [0.1, 0.15) is 57.4 Å². The Balaban J connectivity index is 2.66. The van der Waals surface area contributed by atoms with Crippen LogP contribution in [0.3, 0.4) is 0 Å². The number of hydrogen-bond acceptors (Lipinski definition) is 4. The summed E-state index contributed by atoms with van der Waals surface area (Å²) in [5.41, 5.74) is 1.55. The molecule has 166 valence electrons. The number of nitrogens with one attached hydrogen (secondary N) is 2. The Bertz CT molecular complexity index is 730. The summed E-state index contributed by atoms with van der Waals surface area (Å²) in [5, 5.41) is 11.0. The second-order valence-electron chi connectivity index (χ2n) is 8.69. The van der Waals surface area contributed by atoms with Crippen LogP contribution < -0.4 is 14.6 Å². The van der Waals surface area contributed by atoms with Gasteiger partial charge in [-0.05, 0) is 30.5 Å². The highest BCUT2D eigenvalue weighted by Gasteiger charge is 2.24. The Morgan fingerprint density at radius 3 is 2.38 bits per heavy atom. The molecular formula is C21H37N3O4S. The molecule has 0 saturated carbocycles. The lowest BCUT2D eigenvalue weighted by molar-refractivity contribution is -0.871. The molecule has 0 spiro atoms. The van der Waals surface area contributed by atoms with Crippen LogP contribution in [-0.2, 0) is 21.4 Å². The average Bonchev–Trinajstić information content (AvgIpc) is 2.55. The molecule has 0 unspecified atom stereocenters. The van der Waals surface area contributed by atoms with Crippen LogP contribution in [-0.4, -0.2) is 52.6 Å². The number of aliphatic carboxylic acids is 1. The molecule has 0 bridgehead atoms. The van der Waals surface area contributed by atoms with Crippen molar-refractivity contribution >= 4 is 21.9 Å². The summed E-state index contributed by atoms with van der Waals surface area (Å²) in [7, 11) is 1.71. The fraction of sp³-hybridized carbons (Fsp3) is 0.667. The number of carbonyl (C=O) groups excluding carboxylic acids is 1. The van der Waals surface area contributed by atoms with Crippen LogP contribution in [0.5, 0.6) is 0 Å². The zero-order chi connectivity index (χ0) is 21.9. The maximum absolute atomic E-state index is 12.5. The molecule has 0 amide bonds. The quantitative estimate of drug-likeness (QED) is 0.331. The molecule has 8 heteroatoms. The van der Waals surface area contributed by atoms with Crippen molar-refractivity contribution < 1.29 is 22.8 Å². The van der Waals surface area contributed by atoms with Gasteiger partial charge in [0.15, 0.2) is 0 Å². The molecule has 0 fully saturated rings. The molecule has 1 aromatic rings. The zero-order valence-electron chi connectivity index (χ0n) is 18.2. The number of nitrogens with zero attached hydrogens (tertiary/aromatic N) is 1. The molecule has 0 aliphatic rings. The second-order valence-corrected chi connectivity index (χ2v) is 10.1. The lowest BCUT2D eigenvalue weighted by atomic mass is 10.0. The standard InChI is InChI=1S/C21H37N3O4S/c1-5-6-7-8-9-10-12-18-13-11-14-19(15-18)22-29(27,28)23-20(16-21(25)26)17-24(2,3)4/h11,13-15,20,22-23H,5-10,12,16-17H2,1-4H3/t20-/m1/s1. The van der Waals surface area contributed by atoms with Crippen LogP contribution in [0, 0.1) is 0 Å². The zero-order valence-corrected chi connectivity index (χ0v) is 19.1. The topological polar surface area (TPSA) is 98.3 Å². The minimum Gasteiger partial charge on any atom is -0.550 e. The van der Waals surface area contributed by atoms with E-state index >= 15 is 0 Å². The molecule has 0 saturated heterocycles. The van der Waals surface area contributed by atoms with Gasteiger partial charge in [-0.3, -0.25) is 4.72 Å². The minimum absolute atomic E-state index is 0.326. The van der Waals surface area contributed by atoms with Crippen molar-refractivity contribution in [2.24, 2.45) is 0 Å². The first kappa shape index (κ1) is 25.4. The first-order valence-corrected chi connectivity index (χ1v) is 11.9. The van der Waals surface area contributed by atoms with Crippen molar-refractivity contribution in [3.63, 3.8) is 0 Å². The number of unbranched alkanes of at least 4 members (excludes halogenated alkanes) is 5. The lowest BCUT2D eigenvalue weighted by Gasteiger charge is -2.29. The van der Waals surface area contributed by atoms with Crippen molar-refractivity contribution in [1.29, 1.82) is 0 Å². The van der Waals surface area contributed by atoms with E-state index in [-0.39, 0.29) is 6.42 Å². The van der Waals surface area contributed by atoms with Crippen LogP contribution in [0.4, 0.5) is 5.69 Å². The van der Waals surface area contributed by atoms with Gasteiger partial charge in [0.25, 0.3) is 10.2 Å². The van der Waals surface area contributed by atoms with E-state index in [0.29, 0.717) is 16.7 Å². The number of aryl methyl sites for hydroxylation is 1. The second kappa shape index (κ2) is 12.1. The van der Waals surface area contributed by atoms with Crippen molar-refractivity contribution in [2.45, 2.75) is 64.3 Å². The molecule has 1 atom stereocenters. The highest BCUT2D eigenvalue weighted by Crippen LogP contribution is 2.16. The molecule has 1 aromatic carbocycles. The van der Waals surface area contributed by atoms with Gasteiger partial charge < -0.3 is 14.4 Å². The molecule has 0 aliphatic carbocycles. The number of quaternary nitrogens is 1. The Hall–Kier alpha value is -1.64. The van der Waals surface area contributed by atoms with E-state index in [2.05, 4.69) is 16.4 Å². The van der Waals surface area contributed by atoms with E-state index in [9.17, 15) is 18.3 Å². The third kappa shape index (κ3) is 12.5. The maximum atomic E-state index is 12.5. The van der Waals surface area contributed by atoms with Crippen LogP contribution in [0.25, 0.3) is 0 Å². The number of carboxylic acids is 1. The molecule has 7 nitrogen and oxygen atoms in total. The summed E-state index contributed by atoms with van der Waals surface area (Å²) in [4.78, 5) is 11.0. The van der Waals surface area contributed by atoms with Crippen molar-refractivity contribution in [1.82, 2.24) is 4.72 Å². The summed E-state index contributed by atoms with van der Waals surface area (Å²) in [6.07, 6.45) is 7.78. The number of rotatable bonds is 15. The van der Waals surface area contributed by atoms with Gasteiger partial charge in [0.1, 0.15) is 0 Å². The third-order valence-corrected chi connectivity index (χ3v) is 5.65. The molecule has 0 radical (unpaired) electrons. The first-order valence-electron chi connectivity index (χ1n) is 10.4. The fourth-order valence-electron chi connectivity index (χ4n) is 3.31. The van der Waals surface area contributed by atoms with E-state index in [1.807, 2.05) is 39.3 Å². The molecule has 2 N–H and O–H groups in total. The van der Waals surface area contributed by atoms with Gasteiger partial charge in [0.2, 0.25) is 0 Å². The Kier molecular flexibility index (Phi) is 10.6. The fourth-order valence-corrected chi connectivity index (χ4v) is 4.40. The number of carbonyl (C=O) groups is 1. The number of likely N-dealkylation sites (N-methyl/N-ethyl adjacent to an activating group) is 1. The Labute approximate surface area is 176 Å². The number of anilines is 1. The Morgan fingerprint density at radius 2 is 1.76 bits per heavy atom. The first-order chi connectivity index (χ1) is 13.5. The molecule has 0 heterocycles. The van der Waals surface area contributed by atoms with Gasteiger partial charge in [0, 0.05) is 12.4 Å². The van der Waals surface area contributed by atoms with Crippen molar-refractivity contribution in [2.75, 3.05) is 32.4 Å². The van der Waals surface area contributed by atoms with Gasteiger partial charge in [-0.2, -0.15) is 13.1 Å². The van der Waals surface area contributed by atoms with Gasteiger partial charge in [-0.1, -0.05) is 51.2 Å². The van der Waals surface area contributed by atoms with Crippen LogP contribution >= 0.6 is 0 Å². The highest BCUT2D eigenvalue weighted by molar-refractivity contribution is 7.90. The summed E-state index contributed by atoms with van der Waals surface area (Å²) >= 11 is 0. The van der Waals surface area contributed by atoms with Crippen molar-refractivity contribution in [3.05, 3.63) is 29.8 Å². The SMILES string of the molecule is CCCCCCCCc1cccc(NS(=O)(=O)N[C@H](CC(=O)[O-])C[N+](C)(C)C)c1. The predicted molar refractivity (Wildman–Crippen MR) is 116 cm³/mol. The third-order valence-electron chi connectivity index (χ3n) is 4.50. The number of benzene rings is 1. The van der Waals surface area contributed by atoms with Gasteiger partial charge in [-0.25, -0.2) is 0 Å². The monoisotopic (exact) mass is 427 g/mol. The lowest BCUT2D eigenvalue weighted by Crippen LogP contribution is -2.51. The van der Waals surface area contributed by atoms with E-state index in [0.717, 1.165) is 18.4 Å². The average molecular weight is 428 g/mol. The van der Waals surface area contributed by atoms with Crippen molar-refractivity contribution in [3.8, 4) is 0 Å². The largest absolute Gasteiger partial charge is 0.550 e. The predicted octanol–water partition coefficient (Wildman–Crippen LogP) is 2.05. The smallest absolute Gasteiger partial charge is 0.299 e. The number of carboxylic acid groups (broad SMARTS) is 1. The van der Waals surface area contributed by atoms with E-state index in [1.54, 1.807) is 6.07 Å². The minimum atomic E-state index is -3.91. The summed E-state index contributed by atoms with van der Waals surface area (Å²) < 4.78 is 30.4. The van der Waals surface area contributed by atoms with Crippen LogP contribution in [0.15, 0.2) is 24.3 Å². The van der Waals surface area contributed by atoms with Crippen LogP contribution in [0.2, 0.25) is 0 Å². The van der Waals surface area contributed by atoms with Gasteiger partial charge in [0.05, 0.1) is 39.4 Å². The normalized spacial score (nSPS) is 13.2. The molecule has 0 aromatic heterocycles. The van der Waals surface area contributed by atoms with Gasteiger partial charge >= 0.3 is 0 Å². The molecule has 29 heavy (non-hydrogen) atoms. The summed E-state index contributed by atoms with van der Waals surface area (Å²) in [6, 6.07) is 6.59. The summed E-state index contributed by atoms with van der Waals surface area (Å²) in [6.45, 7) is 2.53. The highest BCUT2D eigenvalue weighted by atomic mass is 32.2. The summed E-state index contributed by atoms with van der Waals surface area (Å²) in [5.74, 6) is -1.29.